The summed E-state index contributed by atoms with van der Waals surface area (Å²) in [7, 11) is 0. The quantitative estimate of drug-likeness (QED) is 0.914. The highest BCUT2D eigenvalue weighted by Gasteiger charge is 2.34. The Bertz CT molecular complexity index is 624. The number of aryl methyl sites for hydroxylation is 1. The van der Waals surface area contributed by atoms with Gasteiger partial charge in [-0.05, 0) is 19.4 Å². The highest BCUT2D eigenvalue weighted by molar-refractivity contribution is 5.63. The standard InChI is InChI=1S/C15H16F3N3/c1-3-8-19-13-9-10(2)20-14(21-13)11-6-4-5-7-12(11)15(16,17)18/h4-7,9H,3,8H2,1-2H3,(H,19,20,21). The van der Waals surface area contributed by atoms with E-state index in [4.69, 9.17) is 0 Å². The number of hydrogen-bond acceptors (Lipinski definition) is 3. The maximum Gasteiger partial charge on any atom is 0.417 e. The first-order chi connectivity index (χ1) is 9.91. The summed E-state index contributed by atoms with van der Waals surface area (Å²) >= 11 is 0. The third kappa shape index (κ3) is 3.71. The highest BCUT2D eigenvalue weighted by Crippen LogP contribution is 2.35. The van der Waals surface area contributed by atoms with Crippen molar-refractivity contribution in [2.45, 2.75) is 26.4 Å². The maximum absolute atomic E-state index is 13.1. The van der Waals surface area contributed by atoms with Crippen LogP contribution in [0.15, 0.2) is 30.3 Å². The van der Waals surface area contributed by atoms with Crippen molar-refractivity contribution in [3.8, 4) is 11.4 Å². The van der Waals surface area contributed by atoms with E-state index < -0.39 is 11.7 Å². The van der Waals surface area contributed by atoms with Crippen molar-refractivity contribution in [1.29, 1.82) is 0 Å². The van der Waals surface area contributed by atoms with E-state index in [0.29, 0.717) is 18.1 Å². The van der Waals surface area contributed by atoms with Crippen LogP contribution in [-0.2, 0) is 6.18 Å². The average Bonchev–Trinajstić information content (AvgIpc) is 2.43. The topological polar surface area (TPSA) is 37.8 Å². The van der Waals surface area contributed by atoms with Gasteiger partial charge in [0.05, 0.1) is 5.56 Å². The van der Waals surface area contributed by atoms with Crippen LogP contribution < -0.4 is 5.32 Å². The number of halogens is 3. The molecular formula is C15H16F3N3. The van der Waals surface area contributed by atoms with Gasteiger partial charge in [0.25, 0.3) is 0 Å². The molecule has 0 aliphatic rings. The summed E-state index contributed by atoms with van der Waals surface area (Å²) in [5.41, 5.74) is -0.110. The molecule has 1 heterocycles. The second-order valence-electron chi connectivity index (χ2n) is 4.69. The van der Waals surface area contributed by atoms with Gasteiger partial charge in [0, 0.05) is 23.9 Å². The predicted molar refractivity (Wildman–Crippen MR) is 76.0 cm³/mol. The zero-order valence-electron chi connectivity index (χ0n) is 11.8. The molecule has 3 nitrogen and oxygen atoms in total. The minimum absolute atomic E-state index is 0.00625. The van der Waals surface area contributed by atoms with Crippen LogP contribution in [0.5, 0.6) is 0 Å². The van der Waals surface area contributed by atoms with Gasteiger partial charge < -0.3 is 5.32 Å². The Morgan fingerprint density at radius 3 is 2.52 bits per heavy atom. The summed E-state index contributed by atoms with van der Waals surface area (Å²) in [6.07, 6.45) is -3.53. The second-order valence-corrected chi connectivity index (χ2v) is 4.69. The minimum atomic E-state index is -4.43. The van der Waals surface area contributed by atoms with Crippen molar-refractivity contribution in [2.24, 2.45) is 0 Å². The summed E-state index contributed by atoms with van der Waals surface area (Å²) < 4.78 is 39.2. The van der Waals surface area contributed by atoms with Gasteiger partial charge in [-0.3, -0.25) is 0 Å². The summed E-state index contributed by atoms with van der Waals surface area (Å²) in [5.74, 6) is 0.623. The molecule has 1 aromatic carbocycles. The SMILES string of the molecule is CCCNc1cc(C)nc(-c2ccccc2C(F)(F)F)n1. The molecule has 0 unspecified atom stereocenters. The van der Waals surface area contributed by atoms with Crippen LogP contribution >= 0.6 is 0 Å². The van der Waals surface area contributed by atoms with Crippen LogP contribution in [0.1, 0.15) is 24.6 Å². The summed E-state index contributed by atoms with van der Waals surface area (Å²) in [5, 5.41) is 3.07. The Morgan fingerprint density at radius 1 is 1.14 bits per heavy atom. The molecule has 1 N–H and O–H groups in total. The van der Waals surface area contributed by atoms with Gasteiger partial charge in [-0.2, -0.15) is 13.2 Å². The minimum Gasteiger partial charge on any atom is -0.370 e. The fraction of sp³-hybridized carbons (Fsp3) is 0.333. The normalized spacial score (nSPS) is 11.5. The van der Waals surface area contributed by atoms with Gasteiger partial charge in [-0.25, -0.2) is 9.97 Å². The molecule has 0 aliphatic heterocycles. The van der Waals surface area contributed by atoms with E-state index in [1.807, 2.05) is 6.92 Å². The Hall–Kier alpha value is -2.11. The van der Waals surface area contributed by atoms with Crippen molar-refractivity contribution in [3.05, 3.63) is 41.6 Å². The molecule has 0 bridgehead atoms. The van der Waals surface area contributed by atoms with Gasteiger partial charge in [0.15, 0.2) is 5.82 Å². The number of benzene rings is 1. The van der Waals surface area contributed by atoms with Crippen molar-refractivity contribution < 1.29 is 13.2 Å². The van der Waals surface area contributed by atoms with Crippen LogP contribution in [0, 0.1) is 6.92 Å². The first-order valence-electron chi connectivity index (χ1n) is 6.68. The average molecular weight is 295 g/mol. The lowest BCUT2D eigenvalue weighted by molar-refractivity contribution is -0.137. The molecule has 0 saturated carbocycles. The van der Waals surface area contributed by atoms with Gasteiger partial charge >= 0.3 is 6.18 Å². The van der Waals surface area contributed by atoms with E-state index in [-0.39, 0.29) is 11.4 Å². The molecule has 0 aliphatic carbocycles. The Labute approximate surface area is 121 Å². The Kier molecular flexibility index (Phi) is 4.45. The van der Waals surface area contributed by atoms with Gasteiger partial charge in [0.1, 0.15) is 5.82 Å². The number of alkyl halides is 3. The van der Waals surface area contributed by atoms with Crippen molar-refractivity contribution in [3.63, 3.8) is 0 Å². The smallest absolute Gasteiger partial charge is 0.370 e. The largest absolute Gasteiger partial charge is 0.417 e. The van der Waals surface area contributed by atoms with Crippen LogP contribution in [0.3, 0.4) is 0 Å². The molecule has 112 valence electrons. The van der Waals surface area contributed by atoms with Crippen LogP contribution in [0.25, 0.3) is 11.4 Å². The van der Waals surface area contributed by atoms with E-state index in [1.54, 1.807) is 19.1 Å². The molecule has 0 saturated heterocycles. The summed E-state index contributed by atoms with van der Waals surface area (Å²) in [6.45, 7) is 4.44. The third-order valence-electron chi connectivity index (χ3n) is 2.88. The van der Waals surface area contributed by atoms with E-state index in [1.165, 1.54) is 12.1 Å². The third-order valence-corrected chi connectivity index (χ3v) is 2.88. The fourth-order valence-corrected chi connectivity index (χ4v) is 1.96. The first kappa shape index (κ1) is 15.3. The zero-order chi connectivity index (χ0) is 15.5. The van der Waals surface area contributed by atoms with Gasteiger partial charge in [-0.1, -0.05) is 25.1 Å². The lowest BCUT2D eigenvalue weighted by Gasteiger charge is -2.13. The maximum atomic E-state index is 13.1. The first-order valence-corrected chi connectivity index (χ1v) is 6.68. The number of anilines is 1. The fourth-order valence-electron chi connectivity index (χ4n) is 1.96. The zero-order valence-corrected chi connectivity index (χ0v) is 11.8. The number of nitrogens with zero attached hydrogens (tertiary/aromatic N) is 2. The van der Waals surface area contributed by atoms with E-state index >= 15 is 0 Å². The van der Waals surface area contributed by atoms with Gasteiger partial charge in [0.2, 0.25) is 0 Å². The molecule has 1 aromatic heterocycles. The molecule has 6 heteroatoms. The molecule has 0 atom stereocenters. The van der Waals surface area contributed by atoms with Crippen molar-refractivity contribution in [1.82, 2.24) is 9.97 Å². The highest BCUT2D eigenvalue weighted by atomic mass is 19.4. The number of nitrogens with one attached hydrogen (secondary N) is 1. The lowest BCUT2D eigenvalue weighted by atomic mass is 10.1. The molecular weight excluding hydrogens is 279 g/mol. The second kappa shape index (κ2) is 6.11. The monoisotopic (exact) mass is 295 g/mol. The van der Waals surface area contributed by atoms with Crippen LogP contribution in [0.4, 0.5) is 19.0 Å². The molecule has 21 heavy (non-hydrogen) atoms. The molecule has 0 spiro atoms. The predicted octanol–water partition coefficient (Wildman–Crippen LogP) is 4.29. The molecule has 0 amide bonds. The lowest BCUT2D eigenvalue weighted by Crippen LogP contribution is -2.09. The molecule has 0 radical (unpaired) electrons. The number of hydrogen-bond donors (Lipinski definition) is 1. The van der Waals surface area contributed by atoms with E-state index in [9.17, 15) is 13.2 Å². The number of rotatable bonds is 4. The van der Waals surface area contributed by atoms with E-state index in [0.717, 1.165) is 12.5 Å². The van der Waals surface area contributed by atoms with Crippen LogP contribution in [-0.4, -0.2) is 16.5 Å². The van der Waals surface area contributed by atoms with Crippen molar-refractivity contribution in [2.75, 3.05) is 11.9 Å². The molecule has 2 aromatic rings. The van der Waals surface area contributed by atoms with Crippen LogP contribution in [0.2, 0.25) is 0 Å². The van der Waals surface area contributed by atoms with Crippen molar-refractivity contribution >= 4 is 5.82 Å². The Morgan fingerprint density at radius 2 is 1.86 bits per heavy atom. The number of aromatic nitrogens is 2. The van der Waals surface area contributed by atoms with E-state index in [2.05, 4.69) is 15.3 Å². The summed E-state index contributed by atoms with van der Waals surface area (Å²) in [6, 6.07) is 7.06. The summed E-state index contributed by atoms with van der Waals surface area (Å²) in [4.78, 5) is 8.33. The Balaban J connectivity index is 2.49. The molecule has 0 fully saturated rings. The molecule has 2 rings (SSSR count). The van der Waals surface area contributed by atoms with Gasteiger partial charge in [-0.15, -0.1) is 0 Å².